The minimum absolute atomic E-state index is 1.27. The molecule has 0 saturated carbocycles. The van der Waals surface area contributed by atoms with Gasteiger partial charge in [0, 0.05) is 0 Å². The Morgan fingerprint density at radius 2 is 0.938 bits per heavy atom. The molecule has 80 valence electrons. The third-order valence-electron chi connectivity index (χ3n) is 2.59. The van der Waals surface area contributed by atoms with Crippen LogP contribution in [0.1, 0.15) is 11.1 Å². The minimum atomic E-state index is 1.27. The van der Waals surface area contributed by atoms with Crippen LogP contribution in [-0.2, 0) is 0 Å². The predicted octanol–water partition coefficient (Wildman–Crippen LogP) is 4.58. The van der Waals surface area contributed by atoms with E-state index < -0.39 is 0 Å². The summed E-state index contributed by atoms with van der Waals surface area (Å²) in [5.74, 6) is 0. The molecule has 2 aromatic carbocycles. The van der Waals surface area contributed by atoms with E-state index in [0.29, 0.717) is 0 Å². The minimum Gasteiger partial charge on any atom is -0.0620 e. The van der Waals surface area contributed by atoms with E-state index in [1.807, 2.05) is 0 Å². The van der Waals surface area contributed by atoms with Crippen LogP contribution >= 0.6 is 0 Å². The maximum absolute atomic E-state index is 2.22. The number of rotatable bonds is 0. The molecule has 16 heavy (non-hydrogen) atoms. The smallest absolute Gasteiger partial charge is 0.0181 e. The summed E-state index contributed by atoms with van der Waals surface area (Å²) in [7, 11) is 0. The van der Waals surface area contributed by atoms with Crippen molar-refractivity contribution in [3.8, 4) is 0 Å². The third kappa shape index (κ3) is 2.60. The van der Waals surface area contributed by atoms with Gasteiger partial charge >= 0.3 is 0 Å². The third-order valence-corrected chi connectivity index (χ3v) is 2.59. The lowest BCUT2D eigenvalue weighted by atomic mass is 10.1. The van der Waals surface area contributed by atoms with Crippen LogP contribution in [-0.4, -0.2) is 0 Å². The van der Waals surface area contributed by atoms with Gasteiger partial charge in [-0.05, 0) is 24.6 Å². The number of hydrogen-bond acceptors (Lipinski definition) is 0. The fourth-order valence-corrected chi connectivity index (χ4v) is 1.78. The van der Waals surface area contributed by atoms with Gasteiger partial charge in [0.15, 0.2) is 0 Å². The molecule has 0 fully saturated rings. The fraction of sp³-hybridized carbons (Fsp3) is 0.125. The van der Waals surface area contributed by atoms with Gasteiger partial charge in [0.05, 0.1) is 0 Å². The Kier molecular flexibility index (Phi) is 3.21. The summed E-state index contributed by atoms with van der Waals surface area (Å²) in [5.41, 5.74) is 2.54. The second-order valence-corrected chi connectivity index (χ2v) is 4.12. The van der Waals surface area contributed by atoms with Crippen LogP contribution in [0.15, 0.2) is 60.7 Å². The molecule has 0 atom stereocenters. The van der Waals surface area contributed by atoms with Crippen molar-refractivity contribution in [2.75, 3.05) is 0 Å². The molecule has 0 aliphatic carbocycles. The Labute approximate surface area is 96.9 Å². The molecule has 0 nitrogen and oxygen atoms in total. The van der Waals surface area contributed by atoms with Crippen LogP contribution in [0.2, 0.25) is 0 Å². The average Bonchev–Trinajstić information content (AvgIpc) is 2.27. The monoisotopic (exact) mass is 208 g/mol. The van der Waals surface area contributed by atoms with E-state index >= 15 is 0 Å². The maximum Gasteiger partial charge on any atom is -0.0181 e. The Hall–Kier alpha value is -1.82. The number of hydrogen-bond donors (Lipinski definition) is 0. The summed E-state index contributed by atoms with van der Waals surface area (Å²) in [6, 6.07) is 21.3. The second-order valence-electron chi connectivity index (χ2n) is 4.12. The van der Waals surface area contributed by atoms with Gasteiger partial charge in [0.25, 0.3) is 0 Å². The molecule has 0 heterocycles. The van der Waals surface area contributed by atoms with Gasteiger partial charge in [-0.3, -0.25) is 0 Å². The van der Waals surface area contributed by atoms with Crippen molar-refractivity contribution in [1.29, 1.82) is 0 Å². The summed E-state index contributed by atoms with van der Waals surface area (Å²) in [6.07, 6.45) is 0. The highest BCUT2D eigenvalue weighted by atomic mass is 13.9. The molecule has 0 N–H and O–H groups in total. The van der Waals surface area contributed by atoms with E-state index in [1.54, 1.807) is 0 Å². The molecule has 0 aromatic heterocycles. The highest BCUT2D eigenvalue weighted by Crippen LogP contribution is 2.12. The van der Waals surface area contributed by atoms with Crippen LogP contribution < -0.4 is 0 Å². The van der Waals surface area contributed by atoms with Gasteiger partial charge in [0.2, 0.25) is 0 Å². The Balaban J connectivity index is 2.86. The quantitative estimate of drug-likeness (QED) is 0.594. The first-order chi connectivity index (χ1) is 7.75. The lowest BCUT2D eigenvalue weighted by Crippen LogP contribution is -1.72. The lowest BCUT2D eigenvalue weighted by Gasteiger charge is -1.95. The van der Waals surface area contributed by atoms with E-state index in [2.05, 4.69) is 74.5 Å². The first-order valence-corrected chi connectivity index (χ1v) is 5.56. The summed E-state index contributed by atoms with van der Waals surface area (Å²) >= 11 is 0. The predicted molar refractivity (Wildman–Crippen MR) is 71.1 cm³/mol. The van der Waals surface area contributed by atoms with Crippen LogP contribution in [0.3, 0.4) is 0 Å². The first kappa shape index (κ1) is 10.7. The summed E-state index contributed by atoms with van der Waals surface area (Å²) in [4.78, 5) is 0. The van der Waals surface area contributed by atoms with Crippen LogP contribution in [0, 0.1) is 13.8 Å². The van der Waals surface area contributed by atoms with Gasteiger partial charge in [-0.2, -0.15) is 0 Å². The lowest BCUT2D eigenvalue weighted by molar-refractivity contribution is 1.48. The summed E-state index contributed by atoms with van der Waals surface area (Å²) in [6.45, 7) is 4.25. The molecule has 2 aromatic rings. The van der Waals surface area contributed by atoms with E-state index in [9.17, 15) is 0 Å². The van der Waals surface area contributed by atoms with Crippen molar-refractivity contribution in [2.45, 2.75) is 13.8 Å². The summed E-state index contributed by atoms with van der Waals surface area (Å²) in [5, 5.41) is 2.55. The molecule has 0 saturated heterocycles. The van der Waals surface area contributed by atoms with Crippen LogP contribution in [0.5, 0.6) is 0 Å². The van der Waals surface area contributed by atoms with Crippen LogP contribution in [0.4, 0.5) is 0 Å². The molecular formula is C16H16. The molecule has 0 aliphatic rings. The zero-order chi connectivity index (χ0) is 11.4. The van der Waals surface area contributed by atoms with Crippen molar-refractivity contribution >= 4 is 10.8 Å². The normalized spacial score (nSPS) is 9.88. The molecule has 2 rings (SSSR count). The van der Waals surface area contributed by atoms with E-state index in [-0.39, 0.29) is 0 Å². The summed E-state index contributed by atoms with van der Waals surface area (Å²) < 4.78 is 0. The molecule has 0 spiro atoms. The van der Waals surface area contributed by atoms with Crippen molar-refractivity contribution < 1.29 is 0 Å². The highest BCUT2D eigenvalue weighted by molar-refractivity contribution is 5.82. The Bertz CT molecular complexity index is 501. The molecule has 0 heteroatoms. The second kappa shape index (κ2) is 4.80. The Morgan fingerprint density at radius 1 is 0.562 bits per heavy atom. The molecule has 0 aliphatic heterocycles. The zero-order valence-corrected chi connectivity index (χ0v) is 9.77. The maximum atomic E-state index is 2.22. The van der Waals surface area contributed by atoms with Gasteiger partial charge in [-0.15, -0.1) is 0 Å². The van der Waals surface area contributed by atoms with E-state index in [4.69, 9.17) is 0 Å². The largest absolute Gasteiger partial charge is 0.0620 e. The molecule has 0 radical (unpaired) electrons. The van der Waals surface area contributed by atoms with Crippen LogP contribution in [0.25, 0.3) is 10.8 Å². The molecule has 0 amide bonds. The topological polar surface area (TPSA) is 0 Å². The SMILES string of the molecule is Cc1ccccc(C)cc2ccccc2c1. The van der Waals surface area contributed by atoms with E-state index in [1.165, 1.54) is 21.9 Å². The van der Waals surface area contributed by atoms with Gasteiger partial charge in [-0.1, -0.05) is 71.8 Å². The first-order valence-electron chi connectivity index (χ1n) is 5.56. The van der Waals surface area contributed by atoms with E-state index in [0.717, 1.165) is 0 Å². The van der Waals surface area contributed by atoms with Crippen molar-refractivity contribution in [2.24, 2.45) is 0 Å². The number of benzene rings is 1. The molecule has 0 unspecified atom stereocenters. The number of aryl methyl sites for hydroxylation is 2. The standard InChI is InChI=1S/C16H16/c1-13-7-3-4-8-14(2)12-16-10-6-5-9-15(16)11-13/h3-12H,1-2H3. The number of fused-ring (bicyclic) bond motifs is 1. The van der Waals surface area contributed by atoms with Gasteiger partial charge < -0.3 is 0 Å². The fourth-order valence-electron chi connectivity index (χ4n) is 1.78. The molecule has 0 bridgehead atoms. The van der Waals surface area contributed by atoms with Gasteiger partial charge in [-0.25, -0.2) is 0 Å². The Morgan fingerprint density at radius 3 is 1.38 bits per heavy atom. The van der Waals surface area contributed by atoms with Crippen molar-refractivity contribution in [3.05, 3.63) is 71.8 Å². The average molecular weight is 208 g/mol. The molecular weight excluding hydrogens is 192 g/mol. The highest BCUT2D eigenvalue weighted by Gasteiger charge is 1.88. The zero-order valence-electron chi connectivity index (χ0n) is 9.77. The van der Waals surface area contributed by atoms with Gasteiger partial charge in [0.1, 0.15) is 0 Å². The van der Waals surface area contributed by atoms with Crippen molar-refractivity contribution in [3.63, 3.8) is 0 Å². The van der Waals surface area contributed by atoms with Crippen molar-refractivity contribution in [1.82, 2.24) is 0 Å².